The number of hydrogen-bond acceptors (Lipinski definition) is 3. The smallest absolute Gasteiger partial charge is 0.119 e. The van der Waals surface area contributed by atoms with Crippen LogP contribution in [0.2, 0.25) is 0 Å². The molecule has 0 bridgehead atoms. The van der Waals surface area contributed by atoms with Crippen LogP contribution in [-0.2, 0) is 13.0 Å². The molecule has 0 aliphatic rings. The Morgan fingerprint density at radius 1 is 0.852 bits per heavy atom. The maximum Gasteiger partial charge on any atom is 0.119 e. The van der Waals surface area contributed by atoms with E-state index in [1.54, 1.807) is 7.11 Å². The number of aliphatic hydroxyl groups excluding tert-OH is 1. The van der Waals surface area contributed by atoms with Crippen LogP contribution in [0, 0.1) is 0 Å². The van der Waals surface area contributed by atoms with Gasteiger partial charge in [0.15, 0.2) is 0 Å². The van der Waals surface area contributed by atoms with Crippen LogP contribution in [0.1, 0.15) is 16.7 Å². The molecule has 4 aromatic rings. The number of nitrogens with zero attached hydrogens (tertiary/aromatic N) is 1. The van der Waals surface area contributed by atoms with Crippen molar-refractivity contribution < 1.29 is 9.84 Å². The van der Waals surface area contributed by atoms with E-state index in [2.05, 4.69) is 53.5 Å². The van der Waals surface area contributed by atoms with E-state index in [4.69, 9.17) is 4.74 Å². The van der Waals surface area contributed by atoms with Gasteiger partial charge in [0.2, 0.25) is 0 Å². The van der Waals surface area contributed by atoms with Gasteiger partial charge in [-0.05, 0) is 58.5 Å². The summed E-state index contributed by atoms with van der Waals surface area (Å²) in [4.78, 5) is 4.46. The van der Waals surface area contributed by atoms with Crippen LogP contribution < -0.4 is 4.74 Å². The molecule has 3 nitrogen and oxygen atoms in total. The fourth-order valence-electron chi connectivity index (χ4n) is 3.35. The van der Waals surface area contributed by atoms with Crippen molar-refractivity contribution in [1.29, 1.82) is 0 Å². The number of pyridine rings is 1. The SMILES string of the molecule is COc1ccc2nccc(Cc3cccc(-c4ccc(CO)cc4)c3)c2c1. The molecule has 3 heteroatoms. The fourth-order valence-corrected chi connectivity index (χ4v) is 3.35. The predicted octanol–water partition coefficient (Wildman–Crippen LogP) is 4.99. The van der Waals surface area contributed by atoms with E-state index >= 15 is 0 Å². The fraction of sp³-hybridized carbons (Fsp3) is 0.125. The number of aliphatic hydroxyl groups is 1. The summed E-state index contributed by atoms with van der Waals surface area (Å²) < 4.78 is 5.38. The molecule has 0 saturated heterocycles. The second-order valence-corrected chi connectivity index (χ2v) is 6.59. The summed E-state index contributed by atoms with van der Waals surface area (Å²) in [5.41, 5.74) is 6.69. The van der Waals surface area contributed by atoms with Crippen LogP contribution in [0.5, 0.6) is 5.75 Å². The maximum absolute atomic E-state index is 9.22. The maximum atomic E-state index is 9.22. The van der Waals surface area contributed by atoms with E-state index in [0.29, 0.717) is 0 Å². The molecule has 0 atom stereocenters. The van der Waals surface area contributed by atoms with Gasteiger partial charge in [-0.15, -0.1) is 0 Å². The summed E-state index contributed by atoms with van der Waals surface area (Å²) in [6, 6.07) is 24.7. The summed E-state index contributed by atoms with van der Waals surface area (Å²) in [6.45, 7) is 0.0684. The minimum Gasteiger partial charge on any atom is -0.497 e. The Kier molecular flexibility index (Phi) is 4.86. The molecule has 134 valence electrons. The Morgan fingerprint density at radius 2 is 1.70 bits per heavy atom. The topological polar surface area (TPSA) is 42.4 Å². The zero-order valence-electron chi connectivity index (χ0n) is 15.2. The molecule has 4 rings (SSSR count). The molecule has 0 aliphatic heterocycles. The molecular weight excluding hydrogens is 334 g/mol. The molecule has 0 amide bonds. The average molecular weight is 355 g/mol. The van der Waals surface area contributed by atoms with E-state index in [9.17, 15) is 5.11 Å². The lowest BCUT2D eigenvalue weighted by atomic mass is 9.97. The molecule has 0 aliphatic carbocycles. The van der Waals surface area contributed by atoms with Crippen molar-refractivity contribution in [3.63, 3.8) is 0 Å². The highest BCUT2D eigenvalue weighted by Crippen LogP contribution is 2.26. The molecule has 0 unspecified atom stereocenters. The number of hydrogen-bond donors (Lipinski definition) is 1. The van der Waals surface area contributed by atoms with Crippen molar-refractivity contribution in [3.05, 3.63) is 95.7 Å². The summed E-state index contributed by atoms with van der Waals surface area (Å²) in [5.74, 6) is 0.842. The second-order valence-electron chi connectivity index (χ2n) is 6.59. The lowest BCUT2D eigenvalue weighted by Gasteiger charge is -2.10. The van der Waals surface area contributed by atoms with Crippen molar-refractivity contribution in [2.75, 3.05) is 7.11 Å². The zero-order valence-corrected chi connectivity index (χ0v) is 15.2. The van der Waals surface area contributed by atoms with Crippen molar-refractivity contribution in [1.82, 2.24) is 4.98 Å². The molecule has 1 aromatic heterocycles. The molecule has 1 N–H and O–H groups in total. The summed E-state index contributed by atoms with van der Waals surface area (Å²) in [5, 5.41) is 10.3. The van der Waals surface area contributed by atoms with Crippen LogP contribution in [-0.4, -0.2) is 17.2 Å². The highest BCUT2D eigenvalue weighted by atomic mass is 16.5. The number of rotatable bonds is 5. The van der Waals surface area contributed by atoms with Crippen molar-refractivity contribution in [3.8, 4) is 16.9 Å². The summed E-state index contributed by atoms with van der Waals surface area (Å²) in [6.07, 6.45) is 2.69. The van der Waals surface area contributed by atoms with Crippen LogP contribution >= 0.6 is 0 Å². The first-order valence-corrected chi connectivity index (χ1v) is 8.97. The van der Waals surface area contributed by atoms with Gasteiger partial charge in [-0.25, -0.2) is 0 Å². The lowest BCUT2D eigenvalue weighted by Crippen LogP contribution is -1.93. The quantitative estimate of drug-likeness (QED) is 0.548. The van der Waals surface area contributed by atoms with Gasteiger partial charge in [-0.2, -0.15) is 0 Å². The van der Waals surface area contributed by atoms with E-state index in [1.165, 1.54) is 16.7 Å². The molecule has 0 fully saturated rings. The van der Waals surface area contributed by atoms with Crippen LogP contribution in [0.4, 0.5) is 0 Å². The Balaban J connectivity index is 1.68. The summed E-state index contributed by atoms with van der Waals surface area (Å²) in [7, 11) is 1.68. The predicted molar refractivity (Wildman–Crippen MR) is 109 cm³/mol. The third-order valence-corrected chi connectivity index (χ3v) is 4.83. The molecule has 1 heterocycles. The largest absolute Gasteiger partial charge is 0.497 e. The third kappa shape index (κ3) is 3.69. The first-order valence-electron chi connectivity index (χ1n) is 8.97. The van der Waals surface area contributed by atoms with Gasteiger partial charge in [0.25, 0.3) is 0 Å². The minimum absolute atomic E-state index is 0.0684. The highest BCUT2D eigenvalue weighted by molar-refractivity contribution is 5.83. The van der Waals surface area contributed by atoms with Gasteiger partial charge in [0, 0.05) is 11.6 Å². The van der Waals surface area contributed by atoms with Gasteiger partial charge in [0.1, 0.15) is 5.75 Å². The molecule has 0 radical (unpaired) electrons. The van der Waals surface area contributed by atoms with Gasteiger partial charge in [0.05, 0.1) is 19.2 Å². The van der Waals surface area contributed by atoms with E-state index in [0.717, 1.165) is 34.2 Å². The van der Waals surface area contributed by atoms with E-state index in [-0.39, 0.29) is 6.61 Å². The van der Waals surface area contributed by atoms with Gasteiger partial charge in [-0.3, -0.25) is 4.98 Å². The monoisotopic (exact) mass is 355 g/mol. The number of fused-ring (bicyclic) bond motifs is 1. The van der Waals surface area contributed by atoms with Crippen LogP contribution in [0.3, 0.4) is 0 Å². The standard InChI is InChI=1S/C24H21NO2/c1-27-22-9-10-24-23(15-22)21(11-12-25-24)14-18-3-2-4-20(13-18)19-7-5-17(16-26)6-8-19/h2-13,15,26H,14,16H2,1H3. The van der Waals surface area contributed by atoms with Crippen molar-refractivity contribution in [2.24, 2.45) is 0 Å². The van der Waals surface area contributed by atoms with E-state index < -0.39 is 0 Å². The van der Waals surface area contributed by atoms with Gasteiger partial charge >= 0.3 is 0 Å². The minimum atomic E-state index is 0.0684. The first kappa shape index (κ1) is 17.3. The Bertz CT molecular complexity index is 1070. The zero-order chi connectivity index (χ0) is 18.6. The van der Waals surface area contributed by atoms with Crippen LogP contribution in [0.15, 0.2) is 79.0 Å². The molecule has 3 aromatic carbocycles. The van der Waals surface area contributed by atoms with Crippen molar-refractivity contribution in [2.45, 2.75) is 13.0 Å². The number of aromatic nitrogens is 1. The van der Waals surface area contributed by atoms with Gasteiger partial charge < -0.3 is 9.84 Å². The Morgan fingerprint density at radius 3 is 2.48 bits per heavy atom. The number of benzene rings is 3. The molecule has 0 spiro atoms. The second kappa shape index (κ2) is 7.60. The first-order chi connectivity index (χ1) is 13.3. The average Bonchev–Trinajstić information content (AvgIpc) is 2.74. The molecule has 27 heavy (non-hydrogen) atoms. The third-order valence-electron chi connectivity index (χ3n) is 4.83. The van der Waals surface area contributed by atoms with Crippen LogP contribution in [0.25, 0.3) is 22.0 Å². The normalized spacial score (nSPS) is 10.9. The molecular formula is C24H21NO2. The summed E-state index contributed by atoms with van der Waals surface area (Å²) >= 11 is 0. The Hall–Kier alpha value is -3.17. The Labute approximate surface area is 158 Å². The lowest BCUT2D eigenvalue weighted by molar-refractivity contribution is 0.282. The van der Waals surface area contributed by atoms with Crippen molar-refractivity contribution >= 4 is 10.9 Å². The number of ether oxygens (including phenoxy) is 1. The molecule has 0 saturated carbocycles. The van der Waals surface area contributed by atoms with Gasteiger partial charge in [-0.1, -0.05) is 48.5 Å². The number of methoxy groups -OCH3 is 1. The highest BCUT2D eigenvalue weighted by Gasteiger charge is 2.06. The van der Waals surface area contributed by atoms with E-state index in [1.807, 2.05) is 30.5 Å².